The van der Waals surface area contributed by atoms with Crippen molar-refractivity contribution in [3.05, 3.63) is 91.9 Å². The molecule has 0 bridgehead atoms. The van der Waals surface area contributed by atoms with Crippen molar-refractivity contribution in [1.82, 2.24) is 5.43 Å². The molecule has 3 aromatic carbocycles. The van der Waals surface area contributed by atoms with E-state index < -0.39 is 16.8 Å². The van der Waals surface area contributed by atoms with Crippen molar-refractivity contribution in [2.75, 3.05) is 13.2 Å². The number of carbonyl (C=O) groups is 2. The van der Waals surface area contributed by atoms with Crippen LogP contribution in [0.2, 0.25) is 0 Å². The highest BCUT2D eigenvalue weighted by Crippen LogP contribution is 2.30. The molecule has 0 radical (unpaired) electrons. The van der Waals surface area contributed by atoms with E-state index in [4.69, 9.17) is 14.2 Å². The molecule has 186 valence electrons. The van der Waals surface area contributed by atoms with Gasteiger partial charge in [-0.05, 0) is 62.4 Å². The molecule has 0 saturated heterocycles. The van der Waals surface area contributed by atoms with Gasteiger partial charge in [-0.15, -0.1) is 0 Å². The van der Waals surface area contributed by atoms with Crippen LogP contribution in [0.4, 0.5) is 5.69 Å². The molecule has 0 heterocycles. The van der Waals surface area contributed by atoms with Crippen molar-refractivity contribution in [3.8, 4) is 17.2 Å². The van der Waals surface area contributed by atoms with Gasteiger partial charge < -0.3 is 14.2 Å². The molecule has 0 aliphatic carbocycles. The molecular weight excluding hydrogens is 534 g/mol. The minimum absolute atomic E-state index is 0.0130. The molecule has 0 spiro atoms. The molecule has 0 atom stereocenters. The molecule has 11 heteroatoms. The Hall–Kier alpha value is -4.25. The Morgan fingerprint density at radius 2 is 1.58 bits per heavy atom. The predicted molar refractivity (Wildman–Crippen MR) is 136 cm³/mol. The Bertz CT molecular complexity index is 1290. The Morgan fingerprint density at radius 3 is 2.25 bits per heavy atom. The van der Waals surface area contributed by atoms with Gasteiger partial charge in [-0.25, -0.2) is 10.2 Å². The number of ether oxygens (including phenoxy) is 3. The zero-order valence-corrected chi connectivity index (χ0v) is 21.0. The highest BCUT2D eigenvalue weighted by Gasteiger charge is 2.17. The molecule has 0 aliphatic rings. The van der Waals surface area contributed by atoms with Gasteiger partial charge >= 0.3 is 5.97 Å². The van der Waals surface area contributed by atoms with Crippen molar-refractivity contribution >= 4 is 39.7 Å². The summed E-state index contributed by atoms with van der Waals surface area (Å²) in [6, 6.07) is 14.9. The highest BCUT2D eigenvalue weighted by atomic mass is 79.9. The van der Waals surface area contributed by atoms with Crippen molar-refractivity contribution in [2.45, 2.75) is 13.8 Å². The number of halogens is 1. The summed E-state index contributed by atoms with van der Waals surface area (Å²) < 4.78 is 17.3. The standard InChI is InChI=1S/C25H22BrN3O7/c1-3-34-22-11-7-17(14-23(22)35-4-2)25(31)36-21-12-10-20(29(32)33)13-18(21)15-27-28-24(30)16-5-8-19(26)9-6-16/h5-15H,3-4H2,1-2H3,(H,28,30)/b27-15+. The van der Waals surface area contributed by atoms with Crippen LogP contribution in [0, 0.1) is 10.1 Å². The number of nitro groups is 1. The van der Waals surface area contributed by atoms with Gasteiger partial charge in [0.2, 0.25) is 0 Å². The lowest BCUT2D eigenvalue weighted by atomic mass is 10.1. The van der Waals surface area contributed by atoms with Crippen LogP contribution in [0.5, 0.6) is 17.2 Å². The molecule has 0 aliphatic heterocycles. The lowest BCUT2D eigenvalue weighted by Crippen LogP contribution is -2.17. The molecule has 3 rings (SSSR count). The molecule has 1 amide bonds. The van der Waals surface area contributed by atoms with Gasteiger partial charge in [0.1, 0.15) is 5.75 Å². The number of carbonyl (C=O) groups excluding carboxylic acids is 2. The van der Waals surface area contributed by atoms with E-state index in [9.17, 15) is 19.7 Å². The Labute approximate surface area is 215 Å². The number of rotatable bonds is 10. The number of hydrogen-bond donors (Lipinski definition) is 1. The van der Waals surface area contributed by atoms with E-state index in [0.29, 0.717) is 30.3 Å². The second-order valence-electron chi connectivity index (χ2n) is 7.10. The number of nitro benzene ring substituents is 1. The molecule has 3 aromatic rings. The number of esters is 1. The predicted octanol–water partition coefficient (Wildman–Crippen LogP) is 5.14. The van der Waals surface area contributed by atoms with E-state index in [-0.39, 0.29) is 22.6 Å². The van der Waals surface area contributed by atoms with Gasteiger partial charge in [0.05, 0.1) is 29.9 Å². The fraction of sp³-hybridized carbons (Fsp3) is 0.160. The van der Waals surface area contributed by atoms with Crippen LogP contribution in [0.15, 0.2) is 70.2 Å². The number of hydrogen-bond acceptors (Lipinski definition) is 8. The summed E-state index contributed by atoms with van der Waals surface area (Å²) in [5, 5.41) is 15.1. The van der Waals surface area contributed by atoms with Crippen molar-refractivity contribution in [2.24, 2.45) is 5.10 Å². The maximum Gasteiger partial charge on any atom is 0.343 e. The summed E-state index contributed by atoms with van der Waals surface area (Å²) >= 11 is 3.29. The van der Waals surface area contributed by atoms with Crippen LogP contribution < -0.4 is 19.6 Å². The highest BCUT2D eigenvalue weighted by molar-refractivity contribution is 9.10. The number of hydrazone groups is 1. The fourth-order valence-electron chi connectivity index (χ4n) is 3.01. The van der Waals surface area contributed by atoms with Crippen LogP contribution in [0.25, 0.3) is 0 Å². The molecule has 36 heavy (non-hydrogen) atoms. The third-order valence-corrected chi connectivity index (χ3v) is 5.19. The van der Waals surface area contributed by atoms with Crippen LogP contribution in [-0.2, 0) is 0 Å². The molecule has 0 saturated carbocycles. The number of nitrogens with one attached hydrogen (secondary N) is 1. The normalized spacial score (nSPS) is 10.6. The van der Waals surface area contributed by atoms with Crippen molar-refractivity contribution in [1.29, 1.82) is 0 Å². The first-order valence-corrected chi connectivity index (χ1v) is 11.6. The van der Waals surface area contributed by atoms with Gasteiger partial charge in [0, 0.05) is 27.7 Å². The third kappa shape index (κ3) is 6.89. The average Bonchev–Trinajstić information content (AvgIpc) is 2.86. The first-order chi connectivity index (χ1) is 17.3. The number of nitrogens with zero attached hydrogens (tertiary/aromatic N) is 2. The molecular formula is C25H22BrN3O7. The zero-order chi connectivity index (χ0) is 26.1. The van der Waals surface area contributed by atoms with Gasteiger partial charge in [0.15, 0.2) is 11.5 Å². The SMILES string of the molecule is CCOc1ccc(C(=O)Oc2ccc([N+](=O)[O-])cc2/C=N/NC(=O)c2ccc(Br)cc2)cc1OCC. The third-order valence-electron chi connectivity index (χ3n) is 4.66. The maximum absolute atomic E-state index is 12.8. The van der Waals surface area contributed by atoms with E-state index in [1.54, 1.807) is 37.3 Å². The van der Waals surface area contributed by atoms with Crippen molar-refractivity contribution in [3.63, 3.8) is 0 Å². The van der Waals surface area contributed by atoms with Crippen LogP contribution >= 0.6 is 15.9 Å². The molecule has 0 fully saturated rings. The first-order valence-electron chi connectivity index (χ1n) is 10.8. The van der Waals surface area contributed by atoms with E-state index in [1.165, 1.54) is 30.3 Å². The maximum atomic E-state index is 12.8. The topological polar surface area (TPSA) is 129 Å². The summed E-state index contributed by atoms with van der Waals surface area (Å²) in [6.45, 7) is 4.43. The quantitative estimate of drug-likeness (QED) is 0.120. The minimum Gasteiger partial charge on any atom is -0.490 e. The summed E-state index contributed by atoms with van der Waals surface area (Å²) in [4.78, 5) is 35.8. The minimum atomic E-state index is -0.721. The molecule has 1 N–H and O–H groups in total. The molecule has 0 aromatic heterocycles. The van der Waals surface area contributed by atoms with E-state index in [1.807, 2.05) is 6.92 Å². The monoisotopic (exact) mass is 555 g/mol. The summed E-state index contributed by atoms with van der Waals surface area (Å²) in [5.74, 6) is -0.323. The Kier molecular flexibility index (Phi) is 9.12. The zero-order valence-electron chi connectivity index (χ0n) is 19.4. The fourth-order valence-corrected chi connectivity index (χ4v) is 3.27. The van der Waals surface area contributed by atoms with Crippen LogP contribution in [0.3, 0.4) is 0 Å². The van der Waals surface area contributed by atoms with Gasteiger partial charge in [-0.1, -0.05) is 15.9 Å². The lowest BCUT2D eigenvalue weighted by molar-refractivity contribution is -0.384. The summed E-state index contributed by atoms with van der Waals surface area (Å²) in [7, 11) is 0. The summed E-state index contributed by atoms with van der Waals surface area (Å²) in [5.41, 5.74) is 2.77. The second-order valence-corrected chi connectivity index (χ2v) is 8.02. The van der Waals surface area contributed by atoms with Gasteiger partial charge in [-0.2, -0.15) is 5.10 Å². The Balaban J connectivity index is 1.83. The number of benzene rings is 3. The Morgan fingerprint density at radius 1 is 0.944 bits per heavy atom. The molecule has 10 nitrogen and oxygen atoms in total. The smallest absolute Gasteiger partial charge is 0.343 e. The summed E-state index contributed by atoms with van der Waals surface area (Å²) in [6.07, 6.45) is 1.16. The second kappa shape index (κ2) is 12.5. The van der Waals surface area contributed by atoms with E-state index in [0.717, 1.165) is 10.7 Å². The number of non-ortho nitro benzene ring substituents is 1. The van der Waals surface area contributed by atoms with Crippen LogP contribution in [-0.4, -0.2) is 36.2 Å². The van der Waals surface area contributed by atoms with Crippen molar-refractivity contribution < 1.29 is 28.7 Å². The average molecular weight is 556 g/mol. The first kappa shape index (κ1) is 26.4. The van der Waals surface area contributed by atoms with E-state index >= 15 is 0 Å². The largest absolute Gasteiger partial charge is 0.490 e. The van der Waals surface area contributed by atoms with Crippen LogP contribution in [0.1, 0.15) is 40.1 Å². The van der Waals surface area contributed by atoms with Gasteiger partial charge in [0.25, 0.3) is 11.6 Å². The van der Waals surface area contributed by atoms with Gasteiger partial charge in [-0.3, -0.25) is 14.9 Å². The lowest BCUT2D eigenvalue weighted by Gasteiger charge is -2.12. The van der Waals surface area contributed by atoms with E-state index in [2.05, 4.69) is 26.5 Å². The molecule has 0 unspecified atom stereocenters. The number of amides is 1.